The molecule has 0 aliphatic heterocycles. The fourth-order valence-electron chi connectivity index (χ4n) is 2.44. The van der Waals surface area contributed by atoms with Crippen molar-refractivity contribution in [1.29, 1.82) is 0 Å². The molecule has 146 valence electrons. The summed E-state index contributed by atoms with van der Waals surface area (Å²) in [7, 11) is -3.65. The van der Waals surface area contributed by atoms with Gasteiger partial charge in [-0.2, -0.15) is 4.31 Å². The predicted octanol–water partition coefficient (Wildman–Crippen LogP) is 4.51. The number of amides is 1. The van der Waals surface area contributed by atoms with E-state index in [2.05, 4.69) is 5.32 Å². The molecule has 0 unspecified atom stereocenters. The van der Waals surface area contributed by atoms with Crippen LogP contribution in [0.4, 0.5) is 5.69 Å². The highest BCUT2D eigenvalue weighted by atomic mass is 35.5. The number of nitrogens with zero attached hydrogens (tertiary/aromatic N) is 1. The third-order valence-electron chi connectivity index (χ3n) is 3.93. The molecule has 0 radical (unpaired) electrons. The lowest BCUT2D eigenvalue weighted by Crippen LogP contribution is -2.30. The third-order valence-corrected chi connectivity index (χ3v) is 6.23. The van der Waals surface area contributed by atoms with Crippen LogP contribution in [0, 0.1) is 0 Å². The van der Waals surface area contributed by atoms with Crippen LogP contribution in [-0.4, -0.2) is 31.7 Å². The third kappa shape index (κ3) is 5.22. The van der Waals surface area contributed by atoms with E-state index in [9.17, 15) is 13.2 Å². The normalized spacial score (nSPS) is 11.4. The second-order valence-electron chi connectivity index (χ2n) is 5.71. The summed E-state index contributed by atoms with van der Waals surface area (Å²) >= 11 is 5.88. The van der Waals surface area contributed by atoms with E-state index in [1.54, 1.807) is 45.0 Å². The Bertz CT molecular complexity index is 894. The number of halogens is 1. The molecule has 6 nitrogen and oxygen atoms in total. The van der Waals surface area contributed by atoms with Crippen molar-refractivity contribution in [2.75, 3.05) is 18.4 Å². The van der Waals surface area contributed by atoms with Gasteiger partial charge in [0.25, 0.3) is 0 Å². The summed E-state index contributed by atoms with van der Waals surface area (Å²) < 4.78 is 32.7. The van der Waals surface area contributed by atoms with Gasteiger partial charge in [-0.15, -0.1) is 0 Å². The topological polar surface area (TPSA) is 75.7 Å². The van der Waals surface area contributed by atoms with E-state index in [4.69, 9.17) is 16.3 Å². The largest absolute Gasteiger partial charge is 0.455 e. The van der Waals surface area contributed by atoms with E-state index in [0.717, 1.165) is 0 Å². The van der Waals surface area contributed by atoms with Gasteiger partial charge >= 0.3 is 0 Å². The van der Waals surface area contributed by atoms with Gasteiger partial charge in [0.05, 0.1) is 10.6 Å². The maximum absolute atomic E-state index is 12.8. The molecule has 2 aromatic rings. The van der Waals surface area contributed by atoms with Crippen molar-refractivity contribution in [2.24, 2.45) is 0 Å². The van der Waals surface area contributed by atoms with Crippen LogP contribution in [0.15, 0.2) is 47.4 Å². The summed E-state index contributed by atoms with van der Waals surface area (Å²) in [6.07, 6.45) is 0.257. The Balaban J connectivity index is 2.45. The highest BCUT2D eigenvalue weighted by Gasteiger charge is 2.23. The summed E-state index contributed by atoms with van der Waals surface area (Å²) in [4.78, 5) is 12.0. The van der Waals surface area contributed by atoms with Gasteiger partial charge in [-0.25, -0.2) is 8.42 Å². The minimum absolute atomic E-state index is 0.0982. The first-order valence-electron chi connectivity index (χ1n) is 8.69. The molecule has 0 bridgehead atoms. The van der Waals surface area contributed by atoms with Crippen LogP contribution >= 0.6 is 11.6 Å². The average molecular weight is 411 g/mol. The van der Waals surface area contributed by atoms with Gasteiger partial charge in [0.1, 0.15) is 5.75 Å². The summed E-state index contributed by atoms with van der Waals surface area (Å²) in [5.41, 5.74) is 0.296. The zero-order valence-electron chi connectivity index (χ0n) is 15.5. The van der Waals surface area contributed by atoms with Gasteiger partial charge in [0.2, 0.25) is 15.9 Å². The van der Waals surface area contributed by atoms with Crippen molar-refractivity contribution < 1.29 is 17.9 Å². The number of hydrogen-bond donors (Lipinski definition) is 1. The standard InChI is InChI=1S/C19H23ClN2O4S/c1-4-19(23)21-17-13-16(27(24,25)22(5-2)6-3)11-12-18(17)26-15-9-7-14(20)8-10-15/h7-13H,4-6H2,1-3H3,(H,21,23). The van der Waals surface area contributed by atoms with E-state index in [0.29, 0.717) is 35.3 Å². The average Bonchev–Trinajstić information content (AvgIpc) is 2.65. The molecule has 0 fully saturated rings. The van der Waals surface area contributed by atoms with E-state index in [1.165, 1.54) is 22.5 Å². The fourth-order valence-corrected chi connectivity index (χ4v) is 4.05. The highest BCUT2D eigenvalue weighted by molar-refractivity contribution is 7.89. The van der Waals surface area contributed by atoms with Crippen LogP contribution in [-0.2, 0) is 14.8 Å². The maximum atomic E-state index is 12.8. The van der Waals surface area contributed by atoms with Crippen molar-refractivity contribution >= 4 is 33.2 Å². The van der Waals surface area contributed by atoms with Crippen LogP contribution in [0.5, 0.6) is 11.5 Å². The molecule has 0 aromatic heterocycles. The lowest BCUT2D eigenvalue weighted by atomic mass is 10.2. The number of carbonyl (C=O) groups excluding carboxylic acids is 1. The minimum atomic E-state index is -3.65. The van der Waals surface area contributed by atoms with Gasteiger partial charge in [-0.05, 0) is 42.5 Å². The zero-order valence-corrected chi connectivity index (χ0v) is 17.1. The number of nitrogens with one attached hydrogen (secondary N) is 1. The van der Waals surface area contributed by atoms with Gasteiger partial charge in [0.15, 0.2) is 5.75 Å². The molecule has 2 rings (SSSR count). The van der Waals surface area contributed by atoms with Gasteiger partial charge in [-0.1, -0.05) is 32.4 Å². The first kappa shape index (κ1) is 21.2. The van der Waals surface area contributed by atoms with Crippen molar-refractivity contribution in [3.05, 3.63) is 47.5 Å². The highest BCUT2D eigenvalue weighted by Crippen LogP contribution is 2.33. The Morgan fingerprint density at radius 2 is 1.70 bits per heavy atom. The molecule has 0 spiro atoms. The lowest BCUT2D eigenvalue weighted by Gasteiger charge is -2.20. The molecule has 8 heteroatoms. The second kappa shape index (κ2) is 9.21. The monoisotopic (exact) mass is 410 g/mol. The quantitative estimate of drug-likeness (QED) is 0.694. The van der Waals surface area contributed by atoms with E-state index >= 15 is 0 Å². The first-order valence-corrected chi connectivity index (χ1v) is 10.5. The maximum Gasteiger partial charge on any atom is 0.243 e. The minimum Gasteiger partial charge on any atom is -0.455 e. The number of anilines is 1. The van der Waals surface area contributed by atoms with E-state index < -0.39 is 10.0 Å². The second-order valence-corrected chi connectivity index (χ2v) is 8.08. The smallest absolute Gasteiger partial charge is 0.243 e. The number of rotatable bonds is 8. The first-order chi connectivity index (χ1) is 12.8. The van der Waals surface area contributed by atoms with Crippen LogP contribution in [0.2, 0.25) is 5.02 Å². The van der Waals surface area contributed by atoms with Crippen molar-refractivity contribution in [1.82, 2.24) is 4.31 Å². The molecule has 27 heavy (non-hydrogen) atoms. The number of carbonyl (C=O) groups is 1. The molecule has 0 atom stereocenters. The molecule has 2 aromatic carbocycles. The predicted molar refractivity (Wildman–Crippen MR) is 107 cm³/mol. The molecular weight excluding hydrogens is 388 g/mol. The summed E-state index contributed by atoms with van der Waals surface area (Å²) in [6, 6.07) is 11.2. The summed E-state index contributed by atoms with van der Waals surface area (Å²) in [5, 5.41) is 3.28. The fraction of sp³-hybridized carbons (Fsp3) is 0.316. The Morgan fingerprint density at radius 1 is 1.07 bits per heavy atom. The van der Waals surface area contributed by atoms with Gasteiger partial charge < -0.3 is 10.1 Å². The summed E-state index contributed by atoms with van der Waals surface area (Å²) in [5.74, 6) is 0.622. The lowest BCUT2D eigenvalue weighted by molar-refractivity contribution is -0.115. The number of benzene rings is 2. The van der Waals surface area contributed by atoms with Gasteiger partial charge in [0, 0.05) is 24.5 Å². The molecular formula is C19H23ClN2O4S. The molecule has 0 aliphatic rings. The Kier molecular flexibility index (Phi) is 7.24. The molecule has 1 amide bonds. The number of sulfonamides is 1. The molecule has 1 N–H and O–H groups in total. The molecule has 0 heterocycles. The SMILES string of the molecule is CCC(=O)Nc1cc(S(=O)(=O)N(CC)CC)ccc1Oc1ccc(Cl)cc1. The van der Waals surface area contributed by atoms with Crippen LogP contribution in [0.3, 0.4) is 0 Å². The van der Waals surface area contributed by atoms with Crippen molar-refractivity contribution in [3.8, 4) is 11.5 Å². The Hall–Kier alpha value is -2.09. The Labute approximate surface area is 165 Å². The van der Waals surface area contributed by atoms with Crippen LogP contribution < -0.4 is 10.1 Å². The van der Waals surface area contributed by atoms with Crippen molar-refractivity contribution in [3.63, 3.8) is 0 Å². The molecule has 0 aliphatic carbocycles. The number of ether oxygens (including phenoxy) is 1. The van der Waals surface area contributed by atoms with Crippen LogP contribution in [0.1, 0.15) is 27.2 Å². The molecule has 0 saturated heterocycles. The van der Waals surface area contributed by atoms with E-state index in [-0.39, 0.29) is 17.2 Å². The van der Waals surface area contributed by atoms with Gasteiger partial charge in [-0.3, -0.25) is 4.79 Å². The molecule has 0 saturated carbocycles. The zero-order chi connectivity index (χ0) is 20.0. The summed E-state index contributed by atoms with van der Waals surface area (Å²) in [6.45, 7) is 5.99. The van der Waals surface area contributed by atoms with Crippen LogP contribution in [0.25, 0.3) is 0 Å². The number of hydrogen-bond acceptors (Lipinski definition) is 4. The Morgan fingerprint density at radius 3 is 2.26 bits per heavy atom. The van der Waals surface area contributed by atoms with E-state index in [1.807, 2.05) is 0 Å². The van der Waals surface area contributed by atoms with Crippen molar-refractivity contribution in [2.45, 2.75) is 32.1 Å².